The maximum absolute atomic E-state index is 14.0. The summed E-state index contributed by atoms with van der Waals surface area (Å²) >= 11 is 12.5. The second-order valence-corrected chi connectivity index (χ2v) is 9.75. The van der Waals surface area contributed by atoms with Crippen LogP contribution in [-0.4, -0.2) is 40.5 Å². The van der Waals surface area contributed by atoms with Crippen LogP contribution in [0.15, 0.2) is 48.5 Å². The number of carboxylic acid groups (broad SMARTS) is 1. The number of carbonyl (C=O) groups is 3. The highest BCUT2D eigenvalue weighted by molar-refractivity contribution is 6.30. The number of carboxylic acids is 1. The van der Waals surface area contributed by atoms with E-state index in [1.807, 2.05) is 37.3 Å². The van der Waals surface area contributed by atoms with Crippen LogP contribution in [0.25, 0.3) is 0 Å². The van der Waals surface area contributed by atoms with Crippen LogP contribution < -0.4 is 0 Å². The molecule has 0 bridgehead atoms. The predicted molar refractivity (Wildman–Crippen MR) is 131 cm³/mol. The molecule has 1 unspecified atom stereocenters. The maximum Gasteiger partial charge on any atom is 0.328 e. The number of aliphatic carboxylic acids is 1. The van der Waals surface area contributed by atoms with Gasteiger partial charge in [-0.2, -0.15) is 0 Å². The Labute approximate surface area is 209 Å². The fraction of sp³-hybridized carbons (Fsp3) is 0.423. The number of nitrogens with zero attached hydrogens (tertiary/aromatic N) is 1. The fourth-order valence-corrected chi connectivity index (χ4v) is 5.26. The molecule has 1 aliphatic heterocycles. The number of halogens is 2. The number of esters is 1. The lowest BCUT2D eigenvalue weighted by molar-refractivity contribution is -0.169. The molecule has 0 aromatic heterocycles. The van der Waals surface area contributed by atoms with Crippen LogP contribution in [0.4, 0.5) is 0 Å². The summed E-state index contributed by atoms with van der Waals surface area (Å²) in [7, 11) is 0. The van der Waals surface area contributed by atoms with E-state index in [2.05, 4.69) is 0 Å². The number of carbonyl (C=O) groups excluding carboxylic acids is 2. The molecule has 1 saturated heterocycles. The van der Waals surface area contributed by atoms with Gasteiger partial charge in [0.15, 0.2) is 0 Å². The third-order valence-electron chi connectivity index (χ3n) is 6.41. The number of hydrogen-bond acceptors (Lipinski definition) is 4. The predicted octanol–water partition coefficient (Wildman–Crippen LogP) is 5.87. The summed E-state index contributed by atoms with van der Waals surface area (Å²) in [6, 6.07) is 13.1. The van der Waals surface area contributed by atoms with E-state index in [1.54, 1.807) is 36.9 Å². The zero-order chi connectivity index (χ0) is 25.0. The van der Waals surface area contributed by atoms with Crippen LogP contribution in [0.2, 0.25) is 10.0 Å². The molecule has 34 heavy (non-hydrogen) atoms. The normalized spacial score (nSPS) is 23.4. The first kappa shape index (κ1) is 26.0. The van der Waals surface area contributed by atoms with Crippen molar-refractivity contribution in [1.82, 2.24) is 4.90 Å². The van der Waals surface area contributed by atoms with Crippen LogP contribution in [0.1, 0.15) is 63.1 Å². The molecule has 182 valence electrons. The van der Waals surface area contributed by atoms with Gasteiger partial charge in [0.05, 0.1) is 24.5 Å². The van der Waals surface area contributed by atoms with Gasteiger partial charge in [-0.25, -0.2) is 4.79 Å². The van der Waals surface area contributed by atoms with Crippen LogP contribution >= 0.6 is 23.2 Å². The standard InChI is InChI=1S/C26H29Cl2NO5/c1-4-21(24(32)34-5-2)29-23(16-9-11-18(27)12-10-16)20(17-7-6-8-19(28)13-17)14-26(3,25(29)33)15-22(30)31/h6-13,20-21,23H,4-5,14-15H2,1-3H3,(H,30,31)/t20-,21?,23-,26-/m1/s1. The third kappa shape index (κ3) is 5.39. The number of hydrogen-bond donors (Lipinski definition) is 1. The Hall–Kier alpha value is -2.57. The van der Waals surface area contributed by atoms with Crippen molar-refractivity contribution in [3.63, 3.8) is 0 Å². The van der Waals surface area contributed by atoms with Crippen molar-refractivity contribution in [2.45, 2.75) is 58.0 Å². The topological polar surface area (TPSA) is 83.9 Å². The Morgan fingerprint density at radius 3 is 2.35 bits per heavy atom. The van der Waals surface area contributed by atoms with Crippen molar-refractivity contribution in [2.75, 3.05) is 6.61 Å². The Balaban J connectivity index is 2.25. The van der Waals surface area contributed by atoms with Crippen LogP contribution in [0.3, 0.4) is 0 Å². The van der Waals surface area contributed by atoms with Crippen molar-refractivity contribution in [3.8, 4) is 0 Å². The summed E-state index contributed by atoms with van der Waals surface area (Å²) in [5.74, 6) is -2.28. The highest BCUT2D eigenvalue weighted by atomic mass is 35.5. The van der Waals surface area contributed by atoms with Gasteiger partial charge in [0.25, 0.3) is 0 Å². The van der Waals surface area contributed by atoms with Gasteiger partial charge in [0.1, 0.15) is 6.04 Å². The number of rotatable bonds is 8. The lowest BCUT2D eigenvalue weighted by Crippen LogP contribution is -2.58. The Kier molecular flexibility index (Phi) is 8.26. The molecular weight excluding hydrogens is 477 g/mol. The molecular formula is C26H29Cl2NO5. The number of ether oxygens (including phenoxy) is 1. The molecule has 1 fully saturated rings. The minimum Gasteiger partial charge on any atom is -0.481 e. The van der Waals surface area contributed by atoms with Crippen molar-refractivity contribution < 1.29 is 24.2 Å². The average molecular weight is 506 g/mol. The Bertz CT molecular complexity index is 1060. The number of benzene rings is 2. The maximum atomic E-state index is 14.0. The molecule has 0 spiro atoms. The number of piperidine rings is 1. The highest BCUT2D eigenvalue weighted by Gasteiger charge is 2.53. The smallest absolute Gasteiger partial charge is 0.328 e. The van der Waals surface area contributed by atoms with Gasteiger partial charge in [0, 0.05) is 16.0 Å². The molecule has 0 aliphatic carbocycles. The second-order valence-electron chi connectivity index (χ2n) is 8.88. The molecule has 2 aromatic rings. The number of amides is 1. The van der Waals surface area contributed by atoms with Crippen LogP contribution in [0.5, 0.6) is 0 Å². The molecule has 1 aliphatic rings. The first-order valence-corrected chi connectivity index (χ1v) is 12.1. The second kappa shape index (κ2) is 10.8. The van der Waals surface area contributed by atoms with Crippen LogP contribution in [0, 0.1) is 5.41 Å². The Morgan fingerprint density at radius 2 is 1.79 bits per heavy atom. The van der Waals surface area contributed by atoms with E-state index in [9.17, 15) is 19.5 Å². The van der Waals surface area contributed by atoms with E-state index < -0.39 is 29.4 Å². The van der Waals surface area contributed by atoms with Crippen LogP contribution in [-0.2, 0) is 19.1 Å². The molecule has 1 N–H and O–H groups in total. The summed E-state index contributed by atoms with van der Waals surface area (Å²) < 4.78 is 5.32. The molecule has 1 amide bonds. The third-order valence-corrected chi connectivity index (χ3v) is 6.90. The van der Waals surface area contributed by atoms with Gasteiger partial charge in [-0.05, 0) is 55.2 Å². The van der Waals surface area contributed by atoms with Gasteiger partial charge >= 0.3 is 11.9 Å². The molecule has 0 radical (unpaired) electrons. The summed E-state index contributed by atoms with van der Waals surface area (Å²) in [6.07, 6.45) is 0.244. The lowest BCUT2D eigenvalue weighted by Gasteiger charge is -2.51. The van der Waals surface area contributed by atoms with E-state index in [0.29, 0.717) is 16.5 Å². The first-order chi connectivity index (χ1) is 16.1. The summed E-state index contributed by atoms with van der Waals surface area (Å²) in [5.41, 5.74) is 0.435. The Morgan fingerprint density at radius 1 is 1.12 bits per heavy atom. The van der Waals surface area contributed by atoms with E-state index in [-0.39, 0.29) is 31.3 Å². The molecule has 8 heteroatoms. The SMILES string of the molecule is CCOC(=O)C(CC)N1C(=O)[C@@](C)(CC(=O)O)C[C@H](c2cccc(Cl)c2)[C@H]1c1ccc(Cl)cc1. The lowest BCUT2D eigenvalue weighted by atomic mass is 9.67. The van der Waals surface area contributed by atoms with Crippen molar-refractivity contribution >= 4 is 41.0 Å². The fourth-order valence-electron chi connectivity index (χ4n) is 4.94. The summed E-state index contributed by atoms with van der Waals surface area (Å²) in [4.78, 5) is 40.3. The zero-order valence-corrected chi connectivity index (χ0v) is 21.0. The quantitative estimate of drug-likeness (QED) is 0.453. The average Bonchev–Trinajstić information content (AvgIpc) is 2.77. The molecule has 0 saturated carbocycles. The van der Waals surface area contributed by atoms with Gasteiger partial charge in [-0.3, -0.25) is 9.59 Å². The van der Waals surface area contributed by atoms with Gasteiger partial charge in [-0.1, -0.05) is 61.3 Å². The number of likely N-dealkylation sites (tertiary alicyclic amines) is 1. The highest BCUT2D eigenvalue weighted by Crippen LogP contribution is 2.52. The first-order valence-electron chi connectivity index (χ1n) is 11.3. The van der Waals surface area contributed by atoms with E-state index in [0.717, 1.165) is 11.1 Å². The van der Waals surface area contributed by atoms with Crippen molar-refractivity contribution in [2.24, 2.45) is 5.41 Å². The molecule has 6 nitrogen and oxygen atoms in total. The molecule has 2 aromatic carbocycles. The van der Waals surface area contributed by atoms with E-state index >= 15 is 0 Å². The van der Waals surface area contributed by atoms with Crippen molar-refractivity contribution in [1.29, 1.82) is 0 Å². The molecule has 1 heterocycles. The van der Waals surface area contributed by atoms with Gasteiger partial charge in [-0.15, -0.1) is 0 Å². The molecule has 4 atom stereocenters. The minimum absolute atomic E-state index is 0.174. The molecule has 3 rings (SSSR count). The van der Waals surface area contributed by atoms with E-state index in [1.165, 1.54) is 0 Å². The monoisotopic (exact) mass is 505 g/mol. The zero-order valence-electron chi connectivity index (χ0n) is 19.5. The van der Waals surface area contributed by atoms with E-state index in [4.69, 9.17) is 27.9 Å². The summed E-state index contributed by atoms with van der Waals surface area (Å²) in [6.45, 7) is 5.35. The van der Waals surface area contributed by atoms with Crippen molar-refractivity contribution in [3.05, 3.63) is 69.7 Å². The van der Waals surface area contributed by atoms with Gasteiger partial charge < -0.3 is 14.7 Å². The largest absolute Gasteiger partial charge is 0.481 e. The van der Waals surface area contributed by atoms with Gasteiger partial charge in [0.2, 0.25) is 5.91 Å². The summed E-state index contributed by atoms with van der Waals surface area (Å²) in [5, 5.41) is 10.7. The minimum atomic E-state index is -1.22.